The van der Waals surface area contributed by atoms with Gasteiger partial charge in [-0.2, -0.15) is 0 Å². The molecule has 0 aliphatic carbocycles. The highest BCUT2D eigenvalue weighted by atomic mass is 32.1. The van der Waals surface area contributed by atoms with E-state index in [-0.39, 0.29) is 11.5 Å². The van der Waals surface area contributed by atoms with Gasteiger partial charge in [0.25, 0.3) is 11.5 Å². The van der Waals surface area contributed by atoms with Gasteiger partial charge in [-0.05, 0) is 31.5 Å². The average Bonchev–Trinajstić information content (AvgIpc) is 3.19. The zero-order valence-corrected chi connectivity index (χ0v) is 15.0. The molecule has 0 spiro atoms. The molecule has 0 atom stereocenters. The van der Waals surface area contributed by atoms with Gasteiger partial charge in [0.2, 0.25) is 0 Å². The summed E-state index contributed by atoms with van der Waals surface area (Å²) < 4.78 is 1.43. The summed E-state index contributed by atoms with van der Waals surface area (Å²) >= 11 is 3.33. The van der Waals surface area contributed by atoms with Crippen LogP contribution in [0, 0.1) is 6.92 Å². The molecule has 124 valence electrons. The highest BCUT2D eigenvalue weighted by Crippen LogP contribution is 2.29. The molecule has 5 nitrogen and oxygen atoms in total. The second-order valence-electron chi connectivity index (χ2n) is 5.39. The Morgan fingerprint density at radius 1 is 1.33 bits per heavy atom. The van der Waals surface area contributed by atoms with Gasteiger partial charge in [-0.1, -0.05) is 0 Å². The third kappa shape index (κ3) is 3.80. The van der Waals surface area contributed by atoms with E-state index in [1.54, 1.807) is 42.0 Å². The van der Waals surface area contributed by atoms with Gasteiger partial charge in [-0.15, -0.1) is 22.7 Å². The van der Waals surface area contributed by atoms with Crippen LogP contribution in [-0.2, 0) is 13.5 Å². The largest absolute Gasteiger partial charge is 0.352 e. The van der Waals surface area contributed by atoms with E-state index in [0.29, 0.717) is 12.1 Å². The SMILES string of the molecule is Cc1nc(-c2ccc(CCNC(=O)c3ccn(C)c(=O)c3)s2)cs1. The highest BCUT2D eigenvalue weighted by molar-refractivity contribution is 7.16. The van der Waals surface area contributed by atoms with E-state index in [4.69, 9.17) is 0 Å². The molecule has 0 unspecified atom stereocenters. The molecule has 3 rings (SSSR count). The smallest absolute Gasteiger partial charge is 0.251 e. The molecule has 0 radical (unpaired) electrons. The molecular formula is C17H17N3O2S2. The van der Waals surface area contributed by atoms with Crippen molar-refractivity contribution < 1.29 is 4.79 Å². The molecule has 0 bridgehead atoms. The number of carbonyl (C=O) groups excluding carboxylic acids is 1. The van der Waals surface area contributed by atoms with Gasteiger partial charge in [0.05, 0.1) is 15.6 Å². The zero-order valence-electron chi connectivity index (χ0n) is 13.4. The van der Waals surface area contributed by atoms with Crippen molar-refractivity contribution in [1.29, 1.82) is 0 Å². The van der Waals surface area contributed by atoms with E-state index >= 15 is 0 Å². The van der Waals surface area contributed by atoms with E-state index in [0.717, 1.165) is 22.0 Å². The predicted molar refractivity (Wildman–Crippen MR) is 97.9 cm³/mol. The Kier molecular flexibility index (Phi) is 4.92. The molecule has 7 heteroatoms. The lowest BCUT2D eigenvalue weighted by Crippen LogP contribution is -2.27. The van der Waals surface area contributed by atoms with Crippen LogP contribution in [0.15, 0.2) is 40.6 Å². The Balaban J connectivity index is 1.56. The summed E-state index contributed by atoms with van der Waals surface area (Å²) in [6, 6.07) is 7.13. The lowest BCUT2D eigenvalue weighted by Gasteiger charge is -2.04. The molecule has 0 saturated heterocycles. The van der Waals surface area contributed by atoms with E-state index in [9.17, 15) is 9.59 Å². The Morgan fingerprint density at radius 3 is 2.88 bits per heavy atom. The molecule has 3 aromatic rings. The van der Waals surface area contributed by atoms with Crippen LogP contribution in [0.3, 0.4) is 0 Å². The van der Waals surface area contributed by atoms with Crippen molar-refractivity contribution in [3.8, 4) is 10.6 Å². The van der Waals surface area contributed by atoms with Gasteiger partial charge in [0, 0.05) is 41.7 Å². The molecule has 1 amide bonds. The van der Waals surface area contributed by atoms with Crippen LogP contribution in [0.5, 0.6) is 0 Å². The Hall–Kier alpha value is -2.25. The lowest BCUT2D eigenvalue weighted by atomic mass is 10.2. The summed E-state index contributed by atoms with van der Waals surface area (Å²) in [5.41, 5.74) is 1.21. The van der Waals surface area contributed by atoms with Gasteiger partial charge in [-0.25, -0.2) is 4.98 Å². The first-order valence-corrected chi connectivity index (χ1v) is 9.18. The van der Waals surface area contributed by atoms with Crippen LogP contribution in [0.4, 0.5) is 0 Å². The number of hydrogen-bond acceptors (Lipinski definition) is 5. The van der Waals surface area contributed by atoms with E-state index < -0.39 is 0 Å². The first kappa shape index (κ1) is 16.6. The molecule has 0 aliphatic rings. The number of rotatable bonds is 5. The fourth-order valence-electron chi connectivity index (χ4n) is 2.22. The molecule has 24 heavy (non-hydrogen) atoms. The number of hydrogen-bond donors (Lipinski definition) is 1. The predicted octanol–water partition coefficient (Wildman–Crippen LogP) is 2.85. The minimum atomic E-state index is -0.223. The topological polar surface area (TPSA) is 64.0 Å². The van der Waals surface area contributed by atoms with Crippen molar-refractivity contribution in [3.63, 3.8) is 0 Å². The Labute approximate surface area is 147 Å². The van der Waals surface area contributed by atoms with Crippen LogP contribution in [-0.4, -0.2) is 22.0 Å². The minimum absolute atomic E-state index is 0.191. The summed E-state index contributed by atoms with van der Waals surface area (Å²) in [5, 5.41) is 5.97. The molecular weight excluding hydrogens is 342 g/mol. The molecule has 3 heterocycles. The molecule has 1 N–H and O–H groups in total. The quantitative estimate of drug-likeness (QED) is 0.762. The van der Waals surface area contributed by atoms with Crippen LogP contribution in [0.1, 0.15) is 20.2 Å². The number of thiazole rings is 1. The van der Waals surface area contributed by atoms with Crippen molar-refractivity contribution in [3.05, 3.63) is 61.6 Å². The van der Waals surface area contributed by atoms with Crippen molar-refractivity contribution >= 4 is 28.6 Å². The van der Waals surface area contributed by atoms with Crippen molar-refractivity contribution in [2.75, 3.05) is 6.54 Å². The van der Waals surface area contributed by atoms with Crippen molar-refractivity contribution in [1.82, 2.24) is 14.9 Å². The third-order valence-electron chi connectivity index (χ3n) is 3.56. The second-order valence-corrected chi connectivity index (χ2v) is 7.62. The molecule has 0 saturated carbocycles. The van der Waals surface area contributed by atoms with E-state index in [1.807, 2.05) is 6.92 Å². The number of nitrogens with one attached hydrogen (secondary N) is 1. The van der Waals surface area contributed by atoms with Gasteiger partial charge < -0.3 is 9.88 Å². The molecule has 0 aliphatic heterocycles. The first-order valence-electron chi connectivity index (χ1n) is 7.49. The summed E-state index contributed by atoms with van der Waals surface area (Å²) in [6.07, 6.45) is 2.35. The highest BCUT2D eigenvalue weighted by Gasteiger charge is 2.08. The first-order chi connectivity index (χ1) is 11.5. The van der Waals surface area contributed by atoms with Crippen molar-refractivity contribution in [2.24, 2.45) is 7.05 Å². The van der Waals surface area contributed by atoms with Gasteiger partial charge in [0.15, 0.2) is 0 Å². The summed E-state index contributed by atoms with van der Waals surface area (Å²) in [4.78, 5) is 30.4. The van der Waals surface area contributed by atoms with Gasteiger partial charge in [0.1, 0.15) is 0 Å². The van der Waals surface area contributed by atoms with E-state index in [1.165, 1.54) is 15.5 Å². The monoisotopic (exact) mass is 359 g/mol. The molecule has 0 aromatic carbocycles. The molecule has 0 fully saturated rings. The third-order valence-corrected chi connectivity index (χ3v) is 5.50. The zero-order chi connectivity index (χ0) is 17.1. The lowest BCUT2D eigenvalue weighted by molar-refractivity contribution is 0.0954. The van der Waals surface area contributed by atoms with Gasteiger partial charge >= 0.3 is 0 Å². The number of aryl methyl sites for hydroxylation is 2. The van der Waals surface area contributed by atoms with Crippen LogP contribution < -0.4 is 10.9 Å². The van der Waals surface area contributed by atoms with Crippen LogP contribution in [0.25, 0.3) is 10.6 Å². The average molecular weight is 359 g/mol. The number of pyridine rings is 1. The van der Waals surface area contributed by atoms with Gasteiger partial charge in [-0.3, -0.25) is 9.59 Å². The summed E-state index contributed by atoms with van der Waals surface area (Å²) in [6.45, 7) is 2.53. The fraction of sp³-hybridized carbons (Fsp3) is 0.235. The summed E-state index contributed by atoms with van der Waals surface area (Å²) in [5.74, 6) is -0.223. The maximum Gasteiger partial charge on any atom is 0.251 e. The standard InChI is InChI=1S/C17H17N3O2S2/c1-11-19-14(10-23-11)15-4-3-13(24-15)5-7-18-17(22)12-6-8-20(2)16(21)9-12/h3-4,6,8-10H,5,7H2,1-2H3,(H,18,22). The normalized spacial score (nSPS) is 10.8. The Bertz CT molecular complexity index is 924. The number of aromatic nitrogens is 2. The number of carbonyl (C=O) groups is 1. The Morgan fingerprint density at radius 2 is 2.17 bits per heavy atom. The number of thiophene rings is 1. The van der Waals surface area contributed by atoms with Crippen molar-refractivity contribution in [2.45, 2.75) is 13.3 Å². The van der Waals surface area contributed by atoms with Crippen LogP contribution >= 0.6 is 22.7 Å². The summed E-state index contributed by atoms with van der Waals surface area (Å²) in [7, 11) is 1.65. The minimum Gasteiger partial charge on any atom is -0.352 e. The number of amides is 1. The number of nitrogens with zero attached hydrogens (tertiary/aromatic N) is 2. The second kappa shape index (κ2) is 7.11. The molecule has 3 aromatic heterocycles. The maximum atomic E-state index is 12.1. The maximum absolute atomic E-state index is 12.1. The fourth-order valence-corrected chi connectivity index (χ4v) is 3.87. The van der Waals surface area contributed by atoms with Crippen LogP contribution in [0.2, 0.25) is 0 Å². The van der Waals surface area contributed by atoms with E-state index in [2.05, 4.69) is 27.8 Å².